The molecule has 0 aliphatic rings. The average molecular weight is 291 g/mol. The molecule has 0 amide bonds. The van der Waals surface area contributed by atoms with Gasteiger partial charge in [-0.05, 0) is 36.6 Å². The second-order valence-electron chi connectivity index (χ2n) is 4.95. The number of Topliss-reactive ketones (excluding diaryl/α,β-unsaturated/α-hetero) is 1. The fourth-order valence-electron chi connectivity index (χ4n) is 2.12. The highest BCUT2D eigenvalue weighted by Gasteiger charge is 2.07. The lowest BCUT2D eigenvalue weighted by Crippen LogP contribution is -2.04. The number of hydrogen-bond donors (Lipinski definition) is 0. The Balaban J connectivity index is 1.91. The predicted octanol–water partition coefficient (Wildman–Crippen LogP) is 4.53. The van der Waals surface area contributed by atoms with Gasteiger partial charge in [0.15, 0.2) is 0 Å². The van der Waals surface area contributed by atoms with Crippen molar-refractivity contribution in [3.8, 4) is 0 Å². The van der Waals surface area contributed by atoms with E-state index in [-0.39, 0.29) is 17.2 Å². The Labute approximate surface area is 123 Å². The molecule has 2 aromatic carbocycles. The first-order chi connectivity index (χ1) is 9.54. The SMILES string of the molecule is Cc1cccc(CCC(=O)Cc2ccc(Cl)c(F)c2)c1. The van der Waals surface area contributed by atoms with Crippen molar-refractivity contribution in [2.75, 3.05) is 0 Å². The molecule has 3 heteroatoms. The Kier molecular flexibility index (Phi) is 4.91. The van der Waals surface area contributed by atoms with Gasteiger partial charge < -0.3 is 0 Å². The van der Waals surface area contributed by atoms with E-state index in [1.54, 1.807) is 6.07 Å². The molecule has 1 nitrogen and oxygen atoms in total. The van der Waals surface area contributed by atoms with Crippen molar-refractivity contribution < 1.29 is 9.18 Å². The molecule has 0 spiro atoms. The smallest absolute Gasteiger partial charge is 0.142 e. The number of hydrogen-bond acceptors (Lipinski definition) is 1. The van der Waals surface area contributed by atoms with Gasteiger partial charge in [0.25, 0.3) is 0 Å². The molecule has 0 unspecified atom stereocenters. The Bertz CT molecular complexity index is 622. The fraction of sp³-hybridized carbons (Fsp3) is 0.235. The Morgan fingerprint density at radius 3 is 2.65 bits per heavy atom. The van der Waals surface area contributed by atoms with E-state index >= 15 is 0 Å². The molecular formula is C17H16ClFO. The highest BCUT2D eigenvalue weighted by molar-refractivity contribution is 6.30. The van der Waals surface area contributed by atoms with E-state index in [0.29, 0.717) is 12.0 Å². The number of aryl methyl sites for hydroxylation is 2. The number of benzene rings is 2. The van der Waals surface area contributed by atoms with E-state index in [2.05, 4.69) is 6.07 Å². The van der Waals surface area contributed by atoms with Crippen molar-refractivity contribution in [3.63, 3.8) is 0 Å². The van der Waals surface area contributed by atoms with Crippen molar-refractivity contribution in [3.05, 3.63) is 70.0 Å². The van der Waals surface area contributed by atoms with Crippen LogP contribution in [0.15, 0.2) is 42.5 Å². The van der Waals surface area contributed by atoms with Gasteiger partial charge in [-0.1, -0.05) is 47.5 Å². The van der Waals surface area contributed by atoms with E-state index < -0.39 is 5.82 Å². The van der Waals surface area contributed by atoms with E-state index in [0.717, 1.165) is 12.0 Å². The van der Waals surface area contributed by atoms with E-state index in [4.69, 9.17) is 11.6 Å². The highest BCUT2D eigenvalue weighted by atomic mass is 35.5. The number of carbonyl (C=O) groups is 1. The van der Waals surface area contributed by atoms with E-state index in [1.807, 2.05) is 25.1 Å². The van der Waals surface area contributed by atoms with Gasteiger partial charge in [-0.25, -0.2) is 4.39 Å². The van der Waals surface area contributed by atoms with Gasteiger partial charge in [-0.2, -0.15) is 0 Å². The highest BCUT2D eigenvalue weighted by Crippen LogP contribution is 2.16. The zero-order valence-corrected chi connectivity index (χ0v) is 12.1. The minimum atomic E-state index is -0.476. The van der Waals surface area contributed by atoms with Crippen molar-refractivity contribution in [1.29, 1.82) is 0 Å². The molecule has 0 saturated heterocycles. The number of halogens is 2. The molecule has 0 N–H and O–H groups in total. The van der Waals surface area contributed by atoms with Crippen LogP contribution in [0.2, 0.25) is 5.02 Å². The van der Waals surface area contributed by atoms with Crippen LogP contribution in [0.25, 0.3) is 0 Å². The third-order valence-electron chi connectivity index (χ3n) is 3.16. The summed E-state index contributed by atoms with van der Waals surface area (Å²) in [6.45, 7) is 2.03. The summed E-state index contributed by atoms with van der Waals surface area (Å²) < 4.78 is 13.3. The first-order valence-corrected chi connectivity index (χ1v) is 6.93. The second-order valence-corrected chi connectivity index (χ2v) is 5.36. The first-order valence-electron chi connectivity index (χ1n) is 6.56. The van der Waals surface area contributed by atoms with Crippen molar-refractivity contribution in [2.24, 2.45) is 0 Å². The number of ketones is 1. The van der Waals surface area contributed by atoms with Crippen molar-refractivity contribution >= 4 is 17.4 Å². The fourth-order valence-corrected chi connectivity index (χ4v) is 2.23. The van der Waals surface area contributed by atoms with Gasteiger partial charge in [0.2, 0.25) is 0 Å². The molecule has 2 aromatic rings. The molecule has 20 heavy (non-hydrogen) atoms. The van der Waals surface area contributed by atoms with Crippen molar-refractivity contribution in [2.45, 2.75) is 26.2 Å². The molecule has 0 aliphatic carbocycles. The maximum atomic E-state index is 13.3. The largest absolute Gasteiger partial charge is 0.299 e. The summed E-state index contributed by atoms with van der Waals surface area (Å²) in [6, 6.07) is 12.6. The molecule has 0 fully saturated rings. The monoisotopic (exact) mass is 290 g/mol. The van der Waals surface area contributed by atoms with Crippen LogP contribution in [-0.4, -0.2) is 5.78 Å². The summed E-state index contributed by atoms with van der Waals surface area (Å²) in [6.07, 6.45) is 1.43. The van der Waals surface area contributed by atoms with E-state index in [1.165, 1.54) is 17.7 Å². The van der Waals surface area contributed by atoms with Crippen molar-refractivity contribution in [1.82, 2.24) is 0 Å². The van der Waals surface area contributed by atoms with Gasteiger partial charge >= 0.3 is 0 Å². The molecule has 0 atom stereocenters. The van der Waals surface area contributed by atoms with Crippen LogP contribution in [-0.2, 0) is 17.6 Å². The summed E-state index contributed by atoms with van der Waals surface area (Å²) in [5.41, 5.74) is 3.01. The molecule has 0 aliphatic heterocycles. The third-order valence-corrected chi connectivity index (χ3v) is 3.47. The number of rotatable bonds is 5. The molecule has 0 bridgehead atoms. The Morgan fingerprint density at radius 1 is 1.15 bits per heavy atom. The molecule has 0 aromatic heterocycles. The summed E-state index contributed by atoms with van der Waals surface area (Å²) in [5.74, 6) is -0.371. The summed E-state index contributed by atoms with van der Waals surface area (Å²) in [4.78, 5) is 11.9. The van der Waals surface area contributed by atoms with Gasteiger partial charge in [-0.3, -0.25) is 4.79 Å². The van der Waals surface area contributed by atoms with Gasteiger partial charge in [0.05, 0.1) is 5.02 Å². The lowest BCUT2D eigenvalue weighted by Gasteiger charge is -2.04. The standard InChI is InChI=1S/C17H16ClFO/c1-12-3-2-4-13(9-12)5-7-15(20)10-14-6-8-16(18)17(19)11-14/h2-4,6,8-9,11H,5,7,10H2,1H3. The third kappa shape index (κ3) is 4.17. The maximum absolute atomic E-state index is 13.3. The van der Waals surface area contributed by atoms with Crippen LogP contribution in [0, 0.1) is 12.7 Å². The number of carbonyl (C=O) groups excluding carboxylic acids is 1. The van der Waals surface area contributed by atoms with Crippen LogP contribution >= 0.6 is 11.6 Å². The molecular weight excluding hydrogens is 275 g/mol. The Morgan fingerprint density at radius 2 is 1.95 bits per heavy atom. The summed E-state index contributed by atoms with van der Waals surface area (Å²) in [5, 5.41) is 0.0842. The summed E-state index contributed by atoms with van der Waals surface area (Å²) in [7, 11) is 0. The first kappa shape index (κ1) is 14.7. The maximum Gasteiger partial charge on any atom is 0.142 e. The zero-order chi connectivity index (χ0) is 14.5. The molecule has 104 valence electrons. The lowest BCUT2D eigenvalue weighted by atomic mass is 10.0. The lowest BCUT2D eigenvalue weighted by molar-refractivity contribution is -0.118. The second kappa shape index (κ2) is 6.67. The summed E-state index contributed by atoms with van der Waals surface area (Å²) >= 11 is 5.61. The predicted molar refractivity (Wildman–Crippen MR) is 79.6 cm³/mol. The van der Waals surface area contributed by atoms with Gasteiger partial charge in [0, 0.05) is 12.8 Å². The molecule has 0 saturated carbocycles. The molecule has 0 radical (unpaired) electrons. The van der Waals surface area contributed by atoms with Gasteiger partial charge in [-0.15, -0.1) is 0 Å². The Hall–Kier alpha value is -1.67. The van der Waals surface area contributed by atoms with Crippen LogP contribution < -0.4 is 0 Å². The molecule has 2 rings (SSSR count). The van der Waals surface area contributed by atoms with Gasteiger partial charge in [0.1, 0.15) is 11.6 Å². The van der Waals surface area contributed by atoms with Crippen LogP contribution in [0.4, 0.5) is 4.39 Å². The van der Waals surface area contributed by atoms with Crippen LogP contribution in [0.5, 0.6) is 0 Å². The van der Waals surface area contributed by atoms with Crippen LogP contribution in [0.1, 0.15) is 23.1 Å². The van der Waals surface area contributed by atoms with Crippen LogP contribution in [0.3, 0.4) is 0 Å². The normalized spacial score (nSPS) is 10.6. The minimum absolute atomic E-state index is 0.0842. The topological polar surface area (TPSA) is 17.1 Å². The quantitative estimate of drug-likeness (QED) is 0.790. The minimum Gasteiger partial charge on any atom is -0.299 e. The molecule has 0 heterocycles. The average Bonchev–Trinajstić information content (AvgIpc) is 2.41. The zero-order valence-electron chi connectivity index (χ0n) is 11.3. The van der Waals surface area contributed by atoms with E-state index in [9.17, 15) is 9.18 Å².